The average Bonchev–Trinajstić information content (AvgIpc) is 3.79. The minimum absolute atomic E-state index is 0.0391. The normalized spacial score (nSPS) is 26.1. The highest BCUT2D eigenvalue weighted by Crippen LogP contribution is 2.51. The van der Waals surface area contributed by atoms with E-state index in [9.17, 15) is 23.1 Å². The molecule has 4 aliphatic rings. The molecule has 6 rings (SSSR count). The Morgan fingerprint density at radius 2 is 1.82 bits per heavy atom. The van der Waals surface area contributed by atoms with Crippen molar-refractivity contribution in [3.8, 4) is 0 Å². The number of methoxy groups -OCH3 is 1. The summed E-state index contributed by atoms with van der Waals surface area (Å²) in [5.74, 6) is 0.358. The first-order valence-corrected chi connectivity index (χ1v) is 18.6. The monoisotopic (exact) mass is 700 g/mol. The lowest BCUT2D eigenvalue weighted by molar-refractivity contribution is -0.153. The van der Waals surface area contributed by atoms with Crippen LogP contribution in [0.2, 0.25) is 0 Å². The molecule has 0 aromatic heterocycles. The zero-order valence-electron chi connectivity index (χ0n) is 27.9. The van der Waals surface area contributed by atoms with Gasteiger partial charge in [0.25, 0.3) is 0 Å². The van der Waals surface area contributed by atoms with Crippen molar-refractivity contribution in [1.82, 2.24) is 14.9 Å². The lowest BCUT2D eigenvalue weighted by Gasteiger charge is -2.37. The lowest BCUT2D eigenvalue weighted by Crippen LogP contribution is -2.53. The van der Waals surface area contributed by atoms with Crippen LogP contribution in [0.3, 0.4) is 0 Å². The molecule has 2 aliphatic heterocycles. The number of rotatable bonds is 16. The summed E-state index contributed by atoms with van der Waals surface area (Å²) in [6.45, 7) is 0.883. The number of amides is 2. The number of ether oxygens (including phenoxy) is 4. The Labute approximate surface area is 287 Å². The number of fused-ring (bicyclic) bond motifs is 2. The molecule has 49 heavy (non-hydrogen) atoms. The molecule has 3 bridgehead atoms. The van der Waals surface area contributed by atoms with Gasteiger partial charge in [0.15, 0.2) is 6.29 Å². The summed E-state index contributed by atoms with van der Waals surface area (Å²) in [7, 11) is -2.74. The van der Waals surface area contributed by atoms with Crippen molar-refractivity contribution >= 4 is 27.9 Å². The molecule has 0 radical (unpaired) electrons. The maximum absolute atomic E-state index is 14.2. The Hall–Kier alpha value is -3.43. The number of anilines is 1. The molecular weight excluding hydrogens is 652 g/mol. The Morgan fingerprint density at radius 1 is 1.06 bits per heavy atom. The van der Waals surface area contributed by atoms with Crippen LogP contribution in [0.5, 0.6) is 0 Å². The third kappa shape index (κ3) is 8.66. The Kier molecular flexibility index (Phi) is 11.0. The SMILES string of the molecule is COC(=O)NCCCCC1(CN(C[C@@H](O)[C@H](Cc2ccccc2)NC(=O)OC2C3COC4OC2CC4C3)S(=O)(=O)c2ccc(N)cc2)CC1. The predicted molar refractivity (Wildman–Crippen MR) is 180 cm³/mol. The van der Waals surface area contributed by atoms with Crippen molar-refractivity contribution in [2.75, 3.05) is 39.1 Å². The summed E-state index contributed by atoms with van der Waals surface area (Å²) < 4.78 is 52.1. The van der Waals surface area contributed by atoms with Crippen LogP contribution in [0.4, 0.5) is 15.3 Å². The highest BCUT2D eigenvalue weighted by molar-refractivity contribution is 7.89. The van der Waals surface area contributed by atoms with Crippen molar-refractivity contribution in [2.45, 2.75) is 86.9 Å². The van der Waals surface area contributed by atoms with Gasteiger partial charge < -0.3 is 40.4 Å². The maximum atomic E-state index is 14.2. The summed E-state index contributed by atoms with van der Waals surface area (Å²) >= 11 is 0. The van der Waals surface area contributed by atoms with E-state index in [-0.39, 0.29) is 48.1 Å². The van der Waals surface area contributed by atoms with Gasteiger partial charge in [-0.2, -0.15) is 4.31 Å². The second-order valence-corrected chi connectivity index (χ2v) is 15.9. The zero-order valence-corrected chi connectivity index (χ0v) is 28.7. The molecule has 4 fully saturated rings. The third-order valence-electron chi connectivity index (χ3n) is 10.4. The van der Waals surface area contributed by atoms with Gasteiger partial charge in [-0.3, -0.25) is 0 Å². The van der Waals surface area contributed by atoms with Crippen LogP contribution in [0.25, 0.3) is 0 Å². The zero-order chi connectivity index (χ0) is 34.6. The van der Waals surface area contributed by atoms with Crippen molar-refractivity contribution in [3.63, 3.8) is 0 Å². The molecule has 2 amide bonds. The van der Waals surface area contributed by atoms with E-state index in [1.165, 1.54) is 35.7 Å². The van der Waals surface area contributed by atoms with Crippen molar-refractivity contribution in [3.05, 3.63) is 60.2 Å². The van der Waals surface area contributed by atoms with E-state index in [0.717, 1.165) is 50.5 Å². The van der Waals surface area contributed by atoms with E-state index in [4.69, 9.17) is 19.9 Å². The maximum Gasteiger partial charge on any atom is 0.407 e. The molecule has 5 N–H and O–H groups in total. The molecule has 2 heterocycles. The number of benzene rings is 2. The fourth-order valence-corrected chi connectivity index (χ4v) is 9.05. The predicted octanol–water partition coefficient (Wildman–Crippen LogP) is 3.41. The van der Waals surface area contributed by atoms with Gasteiger partial charge >= 0.3 is 12.2 Å². The van der Waals surface area contributed by atoms with Gasteiger partial charge in [0.2, 0.25) is 10.0 Å². The molecule has 268 valence electrons. The van der Waals surface area contributed by atoms with Gasteiger partial charge in [0, 0.05) is 37.2 Å². The van der Waals surface area contributed by atoms with Gasteiger partial charge in [-0.25, -0.2) is 18.0 Å². The molecule has 7 atom stereocenters. The van der Waals surface area contributed by atoms with Crippen LogP contribution in [-0.4, -0.2) is 94.0 Å². The van der Waals surface area contributed by atoms with Gasteiger partial charge in [-0.15, -0.1) is 0 Å². The second-order valence-electron chi connectivity index (χ2n) is 14.0. The fraction of sp³-hybridized carbons (Fsp3) is 0.600. The average molecular weight is 701 g/mol. The summed E-state index contributed by atoms with van der Waals surface area (Å²) in [5.41, 5.74) is 6.91. The lowest BCUT2D eigenvalue weighted by atomic mass is 9.78. The molecule has 2 aromatic carbocycles. The summed E-state index contributed by atoms with van der Waals surface area (Å²) in [4.78, 5) is 24.9. The number of aliphatic hydroxyl groups excluding tert-OH is 1. The number of carbonyl (C=O) groups excluding carboxylic acids is 2. The van der Waals surface area contributed by atoms with Crippen LogP contribution in [-0.2, 0) is 35.4 Å². The van der Waals surface area contributed by atoms with E-state index >= 15 is 0 Å². The number of carbonyl (C=O) groups is 2. The van der Waals surface area contributed by atoms with Crippen molar-refractivity contribution < 1.29 is 42.1 Å². The molecule has 5 unspecified atom stereocenters. The number of alkyl carbamates (subject to hydrolysis) is 2. The summed E-state index contributed by atoms with van der Waals surface area (Å²) in [6, 6.07) is 14.6. The Bertz CT molecular complexity index is 1530. The minimum Gasteiger partial charge on any atom is -0.453 e. The number of nitrogen functional groups attached to an aromatic ring is 1. The minimum atomic E-state index is -4.06. The number of nitrogens with zero attached hydrogens (tertiary/aromatic N) is 1. The molecular formula is C35H48N4O9S. The van der Waals surface area contributed by atoms with E-state index in [1.807, 2.05) is 30.3 Å². The number of aliphatic hydroxyl groups is 1. The molecule has 0 spiro atoms. The van der Waals surface area contributed by atoms with Gasteiger partial charge in [-0.05, 0) is 80.2 Å². The quantitative estimate of drug-likeness (QED) is 0.150. The van der Waals surface area contributed by atoms with E-state index < -0.39 is 40.5 Å². The number of nitrogens with two attached hydrogens (primary N) is 1. The van der Waals surface area contributed by atoms with Crippen LogP contribution in [0, 0.1) is 17.3 Å². The van der Waals surface area contributed by atoms with E-state index in [2.05, 4.69) is 15.4 Å². The number of hydrogen-bond donors (Lipinski definition) is 4. The van der Waals surface area contributed by atoms with Crippen molar-refractivity contribution in [1.29, 1.82) is 0 Å². The third-order valence-corrected chi connectivity index (χ3v) is 12.2. The summed E-state index contributed by atoms with van der Waals surface area (Å²) in [5, 5.41) is 17.4. The first-order valence-electron chi connectivity index (χ1n) is 17.2. The van der Waals surface area contributed by atoms with Crippen molar-refractivity contribution in [2.24, 2.45) is 17.3 Å². The highest BCUT2D eigenvalue weighted by Gasteiger charge is 2.54. The molecule has 14 heteroatoms. The topological polar surface area (TPSA) is 179 Å². The van der Waals surface area contributed by atoms with E-state index in [1.54, 1.807) is 0 Å². The Balaban J connectivity index is 1.17. The molecule has 13 nitrogen and oxygen atoms in total. The number of nitrogens with one attached hydrogen (secondary N) is 2. The fourth-order valence-electron chi connectivity index (χ4n) is 7.48. The smallest absolute Gasteiger partial charge is 0.407 e. The molecule has 2 aromatic rings. The molecule has 2 saturated heterocycles. The van der Waals surface area contributed by atoms with Crippen LogP contribution < -0.4 is 16.4 Å². The van der Waals surface area contributed by atoms with Gasteiger partial charge in [-0.1, -0.05) is 36.8 Å². The molecule has 2 saturated carbocycles. The van der Waals surface area contributed by atoms with Gasteiger partial charge in [0.1, 0.15) is 6.10 Å². The Morgan fingerprint density at radius 3 is 2.53 bits per heavy atom. The largest absolute Gasteiger partial charge is 0.453 e. The van der Waals surface area contributed by atoms with Crippen LogP contribution in [0.15, 0.2) is 59.5 Å². The van der Waals surface area contributed by atoms with E-state index in [0.29, 0.717) is 24.8 Å². The first kappa shape index (κ1) is 35.4. The van der Waals surface area contributed by atoms with Crippen LogP contribution in [0.1, 0.15) is 50.5 Å². The van der Waals surface area contributed by atoms with Crippen LogP contribution >= 0.6 is 0 Å². The molecule has 2 aliphatic carbocycles. The highest BCUT2D eigenvalue weighted by atomic mass is 32.2. The van der Waals surface area contributed by atoms with Gasteiger partial charge in [0.05, 0.1) is 36.9 Å². The standard InChI is InChI=1S/C35H48N4O9S/c1-45-33(41)37-16-6-5-13-35(14-15-35)22-39(49(43,44)27-11-9-26(36)10-12-27)20-29(40)28(17-23-7-3-2-4-8-23)38-34(42)48-31-25-18-24-19-30(31)47-32(24)46-21-25/h2-4,7-12,24-25,28-32,40H,5-6,13-22,36H2,1H3,(H,37,41)(H,38,42)/t24?,25?,28-,29+,30?,31?,32?/m0/s1. The number of sulfonamides is 1. The first-order chi connectivity index (χ1) is 23.5. The number of unbranched alkanes of at least 4 members (excludes halogenated alkanes) is 1. The number of hydrogen-bond acceptors (Lipinski definition) is 10. The second kappa shape index (κ2) is 15.2. The summed E-state index contributed by atoms with van der Waals surface area (Å²) in [6.07, 6.45) is 2.47.